The molecule has 0 radical (unpaired) electrons. The molecule has 1 heterocycles. The van der Waals surface area contributed by atoms with E-state index >= 15 is 0 Å². The fourth-order valence-electron chi connectivity index (χ4n) is 1.79. The highest BCUT2D eigenvalue weighted by molar-refractivity contribution is 5.83. The number of amides is 1. The molecule has 1 aromatic heterocycles. The summed E-state index contributed by atoms with van der Waals surface area (Å²) < 4.78 is 1.92. The smallest absolute Gasteiger partial charge is 0.331 e. The highest BCUT2D eigenvalue weighted by Crippen LogP contribution is 2.07. The van der Waals surface area contributed by atoms with Gasteiger partial charge in [0.1, 0.15) is 12.6 Å². The molecule has 2 N–H and O–H groups in total. The van der Waals surface area contributed by atoms with Crippen LogP contribution in [0.1, 0.15) is 20.3 Å². The van der Waals surface area contributed by atoms with Crippen molar-refractivity contribution in [3.8, 4) is 0 Å². The summed E-state index contributed by atoms with van der Waals surface area (Å²) in [5.41, 5.74) is -1.10. The molecule has 0 fully saturated rings. The van der Waals surface area contributed by atoms with Gasteiger partial charge in [-0.3, -0.25) is 18.7 Å². The van der Waals surface area contributed by atoms with Gasteiger partial charge >= 0.3 is 11.7 Å². The predicted octanol–water partition coefficient (Wildman–Crippen LogP) is -0.837. The summed E-state index contributed by atoms with van der Waals surface area (Å²) in [7, 11) is 1.30. The van der Waals surface area contributed by atoms with E-state index in [1.807, 2.05) is 6.92 Å². The second-order valence-corrected chi connectivity index (χ2v) is 4.89. The third kappa shape index (κ3) is 4.04. The Labute approximate surface area is 121 Å². The summed E-state index contributed by atoms with van der Waals surface area (Å²) in [5, 5.41) is 11.5. The van der Waals surface area contributed by atoms with Gasteiger partial charge in [-0.05, 0) is 5.92 Å². The Morgan fingerprint density at radius 1 is 1.38 bits per heavy atom. The zero-order chi connectivity index (χ0) is 16.2. The largest absolute Gasteiger partial charge is 0.480 e. The monoisotopic (exact) mass is 297 g/mol. The minimum Gasteiger partial charge on any atom is -0.480 e. The van der Waals surface area contributed by atoms with Crippen molar-refractivity contribution in [1.82, 2.24) is 14.5 Å². The molecule has 116 valence electrons. The van der Waals surface area contributed by atoms with Crippen LogP contribution in [-0.4, -0.2) is 32.2 Å². The molecule has 8 nitrogen and oxygen atoms in total. The van der Waals surface area contributed by atoms with Gasteiger partial charge in [0.2, 0.25) is 5.91 Å². The maximum atomic E-state index is 11.9. The van der Waals surface area contributed by atoms with E-state index < -0.39 is 29.2 Å². The molecule has 0 aliphatic rings. The van der Waals surface area contributed by atoms with Crippen LogP contribution in [0, 0.1) is 5.92 Å². The number of nitrogens with one attached hydrogen (secondary N) is 1. The first-order valence-corrected chi connectivity index (χ1v) is 6.56. The molecule has 2 unspecified atom stereocenters. The number of carbonyl (C=O) groups excluding carboxylic acids is 1. The zero-order valence-corrected chi connectivity index (χ0v) is 12.2. The average Bonchev–Trinajstić information content (AvgIpc) is 2.44. The average molecular weight is 297 g/mol. The van der Waals surface area contributed by atoms with Crippen LogP contribution in [-0.2, 0) is 23.2 Å². The van der Waals surface area contributed by atoms with Crippen LogP contribution < -0.4 is 16.6 Å². The second kappa shape index (κ2) is 6.87. The van der Waals surface area contributed by atoms with E-state index in [0.29, 0.717) is 6.42 Å². The first-order valence-electron chi connectivity index (χ1n) is 6.56. The van der Waals surface area contributed by atoms with E-state index in [1.54, 1.807) is 6.92 Å². The Hall–Kier alpha value is -2.38. The second-order valence-electron chi connectivity index (χ2n) is 4.89. The number of aromatic nitrogens is 2. The van der Waals surface area contributed by atoms with Crippen molar-refractivity contribution < 1.29 is 14.7 Å². The van der Waals surface area contributed by atoms with Crippen LogP contribution in [0.4, 0.5) is 0 Å². The Bertz CT molecular complexity index is 646. The van der Waals surface area contributed by atoms with Crippen LogP contribution in [0.2, 0.25) is 0 Å². The Kier molecular flexibility index (Phi) is 5.45. The lowest BCUT2D eigenvalue weighted by atomic mass is 9.99. The van der Waals surface area contributed by atoms with Gasteiger partial charge in [-0.15, -0.1) is 0 Å². The third-order valence-corrected chi connectivity index (χ3v) is 3.37. The van der Waals surface area contributed by atoms with Crippen molar-refractivity contribution >= 4 is 11.9 Å². The van der Waals surface area contributed by atoms with Crippen molar-refractivity contribution in [2.75, 3.05) is 0 Å². The van der Waals surface area contributed by atoms with Crippen molar-refractivity contribution in [1.29, 1.82) is 0 Å². The van der Waals surface area contributed by atoms with Gasteiger partial charge in [0, 0.05) is 19.3 Å². The Balaban J connectivity index is 2.87. The summed E-state index contributed by atoms with van der Waals surface area (Å²) in [6.07, 6.45) is 1.81. The van der Waals surface area contributed by atoms with Crippen LogP contribution in [0.15, 0.2) is 21.9 Å². The lowest BCUT2D eigenvalue weighted by molar-refractivity contribution is -0.143. The fourth-order valence-corrected chi connectivity index (χ4v) is 1.79. The molecule has 0 aliphatic heterocycles. The molecule has 1 aromatic rings. The molecule has 8 heteroatoms. The van der Waals surface area contributed by atoms with E-state index in [1.165, 1.54) is 13.2 Å². The first kappa shape index (κ1) is 16.7. The normalized spacial score (nSPS) is 13.5. The number of aliphatic carboxylic acids is 1. The number of nitrogens with zero attached hydrogens (tertiary/aromatic N) is 2. The van der Waals surface area contributed by atoms with Gasteiger partial charge in [-0.2, -0.15) is 0 Å². The number of carboxylic acid groups (broad SMARTS) is 1. The standard InChI is InChI=1S/C13H19N3O5/c1-4-8(2)11(12(19)20)14-9(17)7-16-6-5-10(18)15(3)13(16)21/h5-6,8,11H,4,7H2,1-3H3,(H,14,17)(H,19,20). The van der Waals surface area contributed by atoms with Crippen LogP contribution >= 0.6 is 0 Å². The molecule has 0 bridgehead atoms. The Morgan fingerprint density at radius 2 is 2.00 bits per heavy atom. The maximum absolute atomic E-state index is 11.9. The number of carbonyl (C=O) groups is 2. The van der Waals surface area contributed by atoms with Gasteiger partial charge < -0.3 is 10.4 Å². The summed E-state index contributed by atoms with van der Waals surface area (Å²) in [6, 6.07) is 0.156. The molecular formula is C13H19N3O5. The van der Waals surface area contributed by atoms with Gasteiger partial charge in [-0.1, -0.05) is 20.3 Å². The highest BCUT2D eigenvalue weighted by Gasteiger charge is 2.25. The summed E-state index contributed by atoms with van der Waals surface area (Å²) in [5.74, 6) is -1.95. The van der Waals surface area contributed by atoms with Gasteiger partial charge in [0.25, 0.3) is 5.56 Å². The molecule has 21 heavy (non-hydrogen) atoms. The van der Waals surface area contributed by atoms with E-state index in [2.05, 4.69) is 5.32 Å². The lowest BCUT2D eigenvalue weighted by Crippen LogP contribution is -2.47. The van der Waals surface area contributed by atoms with Gasteiger partial charge in [0.15, 0.2) is 0 Å². The molecule has 0 saturated heterocycles. The summed E-state index contributed by atoms with van der Waals surface area (Å²) in [4.78, 5) is 46.0. The Morgan fingerprint density at radius 3 is 2.52 bits per heavy atom. The van der Waals surface area contributed by atoms with Gasteiger partial charge in [0.05, 0.1) is 0 Å². The van der Waals surface area contributed by atoms with E-state index in [0.717, 1.165) is 15.2 Å². The van der Waals surface area contributed by atoms with Gasteiger partial charge in [-0.25, -0.2) is 9.59 Å². The van der Waals surface area contributed by atoms with E-state index in [4.69, 9.17) is 5.11 Å². The molecular weight excluding hydrogens is 278 g/mol. The van der Waals surface area contributed by atoms with Crippen molar-refractivity contribution in [3.63, 3.8) is 0 Å². The topological polar surface area (TPSA) is 110 Å². The predicted molar refractivity (Wildman–Crippen MR) is 75.0 cm³/mol. The number of hydrogen-bond donors (Lipinski definition) is 2. The molecule has 1 amide bonds. The summed E-state index contributed by atoms with van der Waals surface area (Å²) >= 11 is 0. The molecule has 0 spiro atoms. The minimum atomic E-state index is -1.12. The van der Waals surface area contributed by atoms with E-state index in [9.17, 15) is 19.2 Å². The van der Waals surface area contributed by atoms with Crippen molar-refractivity contribution in [3.05, 3.63) is 33.1 Å². The van der Waals surface area contributed by atoms with Crippen LogP contribution in [0.3, 0.4) is 0 Å². The highest BCUT2D eigenvalue weighted by atomic mass is 16.4. The van der Waals surface area contributed by atoms with Crippen LogP contribution in [0.25, 0.3) is 0 Å². The van der Waals surface area contributed by atoms with Crippen molar-refractivity contribution in [2.45, 2.75) is 32.9 Å². The number of carboxylic acids is 1. The van der Waals surface area contributed by atoms with Crippen molar-refractivity contribution in [2.24, 2.45) is 13.0 Å². The molecule has 1 rings (SSSR count). The third-order valence-electron chi connectivity index (χ3n) is 3.37. The number of rotatable bonds is 6. The SMILES string of the molecule is CCC(C)C(NC(=O)Cn1ccc(=O)n(C)c1=O)C(=O)O. The summed E-state index contributed by atoms with van der Waals surface area (Å²) in [6.45, 7) is 3.20. The fraction of sp³-hybridized carbons (Fsp3) is 0.538. The van der Waals surface area contributed by atoms with E-state index in [-0.39, 0.29) is 12.5 Å². The molecule has 0 aromatic carbocycles. The molecule has 0 aliphatic carbocycles. The lowest BCUT2D eigenvalue weighted by Gasteiger charge is -2.20. The quantitative estimate of drug-likeness (QED) is 0.711. The number of hydrogen-bond acceptors (Lipinski definition) is 4. The zero-order valence-electron chi connectivity index (χ0n) is 12.2. The molecule has 2 atom stereocenters. The minimum absolute atomic E-state index is 0.233. The molecule has 0 saturated carbocycles. The first-order chi connectivity index (χ1) is 9.77. The maximum Gasteiger partial charge on any atom is 0.331 e. The van der Waals surface area contributed by atoms with Crippen LogP contribution in [0.5, 0.6) is 0 Å².